The minimum absolute atomic E-state index is 0.250. The van der Waals surface area contributed by atoms with Crippen molar-refractivity contribution >= 4 is 17.9 Å². The first-order valence-electron chi connectivity index (χ1n) is 9.39. The van der Waals surface area contributed by atoms with E-state index in [4.69, 9.17) is 14.3 Å². The molecule has 0 saturated carbocycles. The molecule has 2 aromatic rings. The van der Waals surface area contributed by atoms with Crippen LogP contribution in [-0.4, -0.2) is 18.5 Å². The summed E-state index contributed by atoms with van der Waals surface area (Å²) in [5.41, 5.74) is 2.47. The molecule has 3 nitrogen and oxygen atoms in total. The monoisotopic (exact) mass is 438 g/mol. The van der Waals surface area contributed by atoms with Crippen LogP contribution in [0.5, 0.6) is 5.75 Å². The van der Waals surface area contributed by atoms with E-state index in [9.17, 15) is 13.2 Å². The van der Waals surface area contributed by atoms with E-state index in [1.54, 1.807) is 23.9 Å². The van der Waals surface area contributed by atoms with Crippen molar-refractivity contribution in [3.05, 3.63) is 71.3 Å². The van der Waals surface area contributed by atoms with E-state index in [2.05, 4.69) is 19.6 Å². The van der Waals surface area contributed by atoms with Crippen molar-refractivity contribution in [2.75, 3.05) is 12.4 Å². The van der Waals surface area contributed by atoms with Crippen molar-refractivity contribution in [1.82, 2.24) is 0 Å². The molecule has 0 heterocycles. The zero-order valence-corrected chi connectivity index (χ0v) is 17.9. The van der Waals surface area contributed by atoms with E-state index >= 15 is 0 Å². The molecule has 162 valence electrons. The van der Waals surface area contributed by atoms with Gasteiger partial charge in [0.2, 0.25) is 0 Å². The van der Waals surface area contributed by atoms with E-state index in [0.29, 0.717) is 13.0 Å². The van der Waals surface area contributed by atoms with Crippen molar-refractivity contribution in [2.45, 2.75) is 44.2 Å². The average Bonchev–Trinajstić information content (AvgIpc) is 2.70. The largest absolute Gasteiger partial charge is 0.493 e. The zero-order chi connectivity index (χ0) is 22.6. The Kier molecular flexibility index (Phi) is 11.0. The number of carbonyl (C=O) groups excluding carboxylic acids is 2. The van der Waals surface area contributed by atoms with Gasteiger partial charge < -0.3 is 4.74 Å². The van der Waals surface area contributed by atoms with E-state index < -0.39 is 11.7 Å². The van der Waals surface area contributed by atoms with Crippen molar-refractivity contribution in [3.63, 3.8) is 0 Å². The van der Waals surface area contributed by atoms with Crippen LogP contribution in [0.25, 0.3) is 0 Å². The maximum Gasteiger partial charge on any atom is 0.416 e. The lowest BCUT2D eigenvalue weighted by Gasteiger charge is -2.11. The Bertz CT molecular complexity index is 840. The lowest BCUT2D eigenvalue weighted by molar-refractivity contribution is -0.191. The molecule has 0 aliphatic carbocycles. The molecule has 30 heavy (non-hydrogen) atoms. The molecule has 0 radical (unpaired) electrons. The third-order valence-corrected chi connectivity index (χ3v) is 5.24. The standard InChI is InChI=1S/C22H25F3OS.CO2/c1-4-13-26-21-12-11-20(14-17(21)3)27-15-16(2)5-6-18-7-9-19(10-8-18)22(23,24)25;2-1-3/h7-12,14H,2,4-6,13,15H2,1,3H3;. The maximum absolute atomic E-state index is 12.6. The summed E-state index contributed by atoms with van der Waals surface area (Å²) >= 11 is 1.71. The number of benzene rings is 2. The van der Waals surface area contributed by atoms with Gasteiger partial charge in [0.25, 0.3) is 0 Å². The molecule has 0 saturated heterocycles. The summed E-state index contributed by atoms with van der Waals surface area (Å²) in [6.07, 6.45) is -1.60. The van der Waals surface area contributed by atoms with Gasteiger partial charge in [0.15, 0.2) is 0 Å². The molecule has 0 aliphatic heterocycles. The Balaban J connectivity index is 0.00000141. The molecule has 0 N–H and O–H groups in total. The molecule has 0 bridgehead atoms. The molecule has 0 aliphatic rings. The fourth-order valence-electron chi connectivity index (χ4n) is 2.52. The average molecular weight is 439 g/mol. The predicted octanol–water partition coefficient (Wildman–Crippen LogP) is 6.50. The smallest absolute Gasteiger partial charge is 0.416 e. The third-order valence-electron chi connectivity index (χ3n) is 4.10. The zero-order valence-electron chi connectivity index (χ0n) is 17.1. The second-order valence-corrected chi connectivity index (χ2v) is 7.64. The number of halogens is 3. The van der Waals surface area contributed by atoms with Crippen LogP contribution in [0.2, 0.25) is 0 Å². The van der Waals surface area contributed by atoms with Crippen molar-refractivity contribution in [1.29, 1.82) is 0 Å². The summed E-state index contributed by atoms with van der Waals surface area (Å²) in [7, 11) is 0. The fraction of sp³-hybridized carbons (Fsp3) is 0.348. The molecule has 0 aromatic heterocycles. The number of hydrogen-bond donors (Lipinski definition) is 0. The van der Waals surface area contributed by atoms with Crippen LogP contribution in [0.1, 0.15) is 36.5 Å². The highest BCUT2D eigenvalue weighted by Gasteiger charge is 2.29. The molecule has 2 rings (SSSR count). The third kappa shape index (κ3) is 9.33. The van der Waals surface area contributed by atoms with E-state index in [1.165, 1.54) is 0 Å². The van der Waals surface area contributed by atoms with Crippen molar-refractivity contribution in [2.24, 2.45) is 0 Å². The summed E-state index contributed by atoms with van der Waals surface area (Å²) in [5.74, 6) is 1.71. The first kappa shape index (κ1) is 25.5. The van der Waals surface area contributed by atoms with Gasteiger partial charge in [0.05, 0.1) is 12.2 Å². The Hall–Kier alpha value is -2.50. The van der Waals surface area contributed by atoms with E-state index in [1.807, 2.05) is 19.1 Å². The van der Waals surface area contributed by atoms with Gasteiger partial charge in [-0.1, -0.05) is 31.2 Å². The predicted molar refractivity (Wildman–Crippen MR) is 112 cm³/mol. The highest BCUT2D eigenvalue weighted by Crippen LogP contribution is 2.30. The van der Waals surface area contributed by atoms with Gasteiger partial charge in [-0.25, -0.2) is 0 Å². The van der Waals surface area contributed by atoms with Gasteiger partial charge in [-0.3, -0.25) is 0 Å². The normalized spacial score (nSPS) is 10.6. The topological polar surface area (TPSA) is 43.4 Å². The number of thioether (sulfide) groups is 1. The molecule has 0 fully saturated rings. The quantitative estimate of drug-likeness (QED) is 0.331. The fourth-order valence-corrected chi connectivity index (χ4v) is 3.46. The van der Waals surface area contributed by atoms with Gasteiger partial charge in [-0.15, -0.1) is 11.8 Å². The molecular weight excluding hydrogens is 413 g/mol. The summed E-state index contributed by atoms with van der Waals surface area (Å²) in [4.78, 5) is 17.4. The molecule has 7 heteroatoms. The Morgan fingerprint density at radius 3 is 2.30 bits per heavy atom. The molecule has 0 unspecified atom stereocenters. The molecule has 0 amide bonds. The van der Waals surface area contributed by atoms with Gasteiger partial charge in [0.1, 0.15) is 5.75 Å². The van der Waals surface area contributed by atoms with E-state index in [0.717, 1.165) is 58.1 Å². The lowest BCUT2D eigenvalue weighted by Crippen LogP contribution is -2.04. The first-order valence-corrected chi connectivity index (χ1v) is 10.4. The summed E-state index contributed by atoms with van der Waals surface area (Å²) in [6.45, 7) is 8.93. The minimum atomic E-state index is -4.28. The SMILES string of the molecule is C=C(CCc1ccc(C(F)(F)F)cc1)CSc1ccc(OCCC)c(C)c1.O=C=O. The van der Waals surface area contributed by atoms with Crippen LogP contribution in [0.3, 0.4) is 0 Å². The molecule has 0 spiro atoms. The number of alkyl halides is 3. The molecule has 2 aromatic carbocycles. The van der Waals surface area contributed by atoms with Crippen molar-refractivity contribution < 1.29 is 27.5 Å². The summed E-state index contributed by atoms with van der Waals surface area (Å²) in [5, 5.41) is 0. The van der Waals surface area contributed by atoms with Gasteiger partial charge >= 0.3 is 12.3 Å². The number of hydrogen-bond acceptors (Lipinski definition) is 4. The minimum Gasteiger partial charge on any atom is -0.493 e. The number of rotatable bonds is 9. The van der Waals surface area contributed by atoms with Gasteiger partial charge in [-0.2, -0.15) is 22.8 Å². The van der Waals surface area contributed by atoms with Crippen molar-refractivity contribution in [3.8, 4) is 5.75 Å². The van der Waals surface area contributed by atoms with Crippen LogP contribution >= 0.6 is 11.8 Å². The van der Waals surface area contributed by atoms with Crippen LogP contribution < -0.4 is 4.74 Å². The molecule has 0 atom stereocenters. The Morgan fingerprint density at radius 2 is 1.77 bits per heavy atom. The highest BCUT2D eigenvalue weighted by molar-refractivity contribution is 7.99. The van der Waals surface area contributed by atoms with Gasteiger partial charge in [-0.05, 0) is 67.6 Å². The van der Waals surface area contributed by atoms with Crippen LogP contribution in [0.15, 0.2) is 59.5 Å². The summed E-state index contributed by atoms with van der Waals surface area (Å²) in [6, 6.07) is 11.5. The summed E-state index contributed by atoms with van der Waals surface area (Å²) < 4.78 is 43.4. The molecular formula is C23H25F3O3S. The van der Waals surface area contributed by atoms with Gasteiger partial charge in [0, 0.05) is 10.6 Å². The Labute approximate surface area is 179 Å². The number of aryl methyl sites for hydroxylation is 2. The second-order valence-electron chi connectivity index (χ2n) is 6.59. The van der Waals surface area contributed by atoms with Crippen LogP contribution in [0, 0.1) is 6.92 Å². The van der Waals surface area contributed by atoms with E-state index in [-0.39, 0.29) is 6.15 Å². The van der Waals surface area contributed by atoms with Crippen LogP contribution in [-0.2, 0) is 22.2 Å². The number of ether oxygens (including phenoxy) is 1. The van der Waals surface area contributed by atoms with Crippen LogP contribution in [0.4, 0.5) is 13.2 Å². The highest BCUT2D eigenvalue weighted by atomic mass is 32.2. The Morgan fingerprint density at radius 1 is 1.13 bits per heavy atom. The maximum atomic E-state index is 12.6. The first-order chi connectivity index (χ1) is 14.2. The lowest BCUT2D eigenvalue weighted by atomic mass is 10.0. The second kappa shape index (κ2) is 12.9.